The SMILES string of the molecule is COc1ccc(Cl)cc1C(=O)N[C@H](C)c1cnn(C)c1. The summed E-state index contributed by atoms with van der Waals surface area (Å²) in [6, 6.07) is 4.79. The van der Waals surface area contributed by atoms with Gasteiger partial charge in [0.15, 0.2) is 0 Å². The predicted molar refractivity (Wildman–Crippen MR) is 77.1 cm³/mol. The Morgan fingerprint density at radius 2 is 2.25 bits per heavy atom. The van der Waals surface area contributed by atoms with Gasteiger partial charge in [-0.15, -0.1) is 0 Å². The first kappa shape index (κ1) is 14.4. The second-order valence-electron chi connectivity index (χ2n) is 4.49. The van der Waals surface area contributed by atoms with Crippen molar-refractivity contribution in [2.24, 2.45) is 7.05 Å². The van der Waals surface area contributed by atoms with Crippen molar-refractivity contribution in [1.82, 2.24) is 15.1 Å². The van der Waals surface area contributed by atoms with Crippen molar-refractivity contribution in [2.45, 2.75) is 13.0 Å². The number of aromatic nitrogens is 2. The molecule has 0 spiro atoms. The van der Waals surface area contributed by atoms with E-state index < -0.39 is 0 Å². The van der Waals surface area contributed by atoms with E-state index in [1.807, 2.05) is 20.2 Å². The van der Waals surface area contributed by atoms with Crippen molar-refractivity contribution >= 4 is 17.5 Å². The van der Waals surface area contributed by atoms with Crippen LogP contribution in [0, 0.1) is 0 Å². The Kier molecular flexibility index (Phi) is 4.29. The zero-order valence-corrected chi connectivity index (χ0v) is 12.3. The fourth-order valence-electron chi connectivity index (χ4n) is 1.88. The van der Waals surface area contributed by atoms with Crippen LogP contribution < -0.4 is 10.1 Å². The molecule has 5 nitrogen and oxygen atoms in total. The average Bonchev–Trinajstić information content (AvgIpc) is 2.85. The molecule has 6 heteroatoms. The lowest BCUT2D eigenvalue weighted by atomic mass is 10.1. The van der Waals surface area contributed by atoms with Gasteiger partial charge in [-0.1, -0.05) is 11.6 Å². The molecule has 0 unspecified atom stereocenters. The first-order valence-electron chi connectivity index (χ1n) is 6.14. The minimum Gasteiger partial charge on any atom is -0.496 e. The minimum absolute atomic E-state index is 0.153. The molecule has 1 atom stereocenters. The molecule has 0 bridgehead atoms. The molecule has 1 aromatic heterocycles. The van der Waals surface area contributed by atoms with E-state index in [2.05, 4.69) is 10.4 Å². The van der Waals surface area contributed by atoms with Crippen molar-refractivity contribution in [2.75, 3.05) is 7.11 Å². The smallest absolute Gasteiger partial charge is 0.255 e. The van der Waals surface area contributed by atoms with Crippen LogP contribution in [0.4, 0.5) is 0 Å². The van der Waals surface area contributed by atoms with Gasteiger partial charge in [-0.25, -0.2) is 0 Å². The van der Waals surface area contributed by atoms with Crippen LogP contribution in [0.3, 0.4) is 0 Å². The third-order valence-corrected chi connectivity index (χ3v) is 3.21. The summed E-state index contributed by atoms with van der Waals surface area (Å²) < 4.78 is 6.87. The Morgan fingerprint density at radius 3 is 2.85 bits per heavy atom. The van der Waals surface area contributed by atoms with Crippen LogP contribution in [0.1, 0.15) is 28.9 Å². The summed E-state index contributed by atoms with van der Waals surface area (Å²) in [6.07, 6.45) is 3.58. The van der Waals surface area contributed by atoms with E-state index in [0.29, 0.717) is 16.3 Å². The molecule has 0 radical (unpaired) electrons. The molecule has 0 saturated carbocycles. The quantitative estimate of drug-likeness (QED) is 0.942. The van der Waals surface area contributed by atoms with Gasteiger partial charge in [0.1, 0.15) is 5.75 Å². The number of ether oxygens (including phenoxy) is 1. The van der Waals surface area contributed by atoms with Crippen LogP contribution in [0.5, 0.6) is 5.75 Å². The summed E-state index contributed by atoms with van der Waals surface area (Å²) >= 11 is 5.93. The monoisotopic (exact) mass is 293 g/mol. The van der Waals surface area contributed by atoms with E-state index in [-0.39, 0.29) is 11.9 Å². The number of amides is 1. The number of hydrogen-bond donors (Lipinski definition) is 1. The Bertz CT molecular complexity index is 625. The second kappa shape index (κ2) is 5.96. The molecule has 0 saturated heterocycles. The molecule has 2 rings (SSSR count). The zero-order valence-electron chi connectivity index (χ0n) is 11.6. The average molecular weight is 294 g/mol. The third-order valence-electron chi connectivity index (χ3n) is 2.98. The highest BCUT2D eigenvalue weighted by atomic mass is 35.5. The molecule has 1 amide bonds. The van der Waals surface area contributed by atoms with Crippen molar-refractivity contribution in [3.63, 3.8) is 0 Å². The summed E-state index contributed by atoms with van der Waals surface area (Å²) in [6.45, 7) is 1.89. The Hall–Kier alpha value is -2.01. The molecule has 0 aliphatic heterocycles. The highest BCUT2D eigenvalue weighted by molar-refractivity contribution is 6.31. The first-order chi connectivity index (χ1) is 9.51. The lowest BCUT2D eigenvalue weighted by molar-refractivity contribution is 0.0937. The van der Waals surface area contributed by atoms with E-state index >= 15 is 0 Å². The van der Waals surface area contributed by atoms with Crippen LogP contribution in [-0.4, -0.2) is 22.8 Å². The number of hydrogen-bond acceptors (Lipinski definition) is 3. The van der Waals surface area contributed by atoms with E-state index in [1.165, 1.54) is 7.11 Å². The molecule has 0 aliphatic rings. The van der Waals surface area contributed by atoms with Crippen molar-refractivity contribution in [3.8, 4) is 5.75 Å². The lowest BCUT2D eigenvalue weighted by Gasteiger charge is -2.14. The van der Waals surface area contributed by atoms with Crippen molar-refractivity contribution < 1.29 is 9.53 Å². The van der Waals surface area contributed by atoms with E-state index in [0.717, 1.165) is 5.56 Å². The maximum atomic E-state index is 12.3. The molecule has 1 N–H and O–H groups in total. The number of carbonyl (C=O) groups is 1. The standard InChI is InChI=1S/C14H16ClN3O2/c1-9(10-7-16-18(2)8-10)17-14(19)12-6-11(15)4-5-13(12)20-3/h4-9H,1-3H3,(H,17,19)/t9-/m1/s1. The summed E-state index contributed by atoms with van der Waals surface area (Å²) in [4.78, 5) is 12.3. The maximum Gasteiger partial charge on any atom is 0.255 e. The highest BCUT2D eigenvalue weighted by Gasteiger charge is 2.16. The van der Waals surface area contributed by atoms with Crippen molar-refractivity contribution in [3.05, 3.63) is 46.7 Å². The van der Waals surface area contributed by atoms with Gasteiger partial charge < -0.3 is 10.1 Å². The number of carbonyl (C=O) groups excluding carboxylic acids is 1. The topological polar surface area (TPSA) is 56.1 Å². The Balaban J connectivity index is 2.18. The third kappa shape index (κ3) is 3.11. The largest absolute Gasteiger partial charge is 0.496 e. The fourth-order valence-corrected chi connectivity index (χ4v) is 2.05. The molecule has 1 aromatic carbocycles. The van der Waals surface area contributed by atoms with Crippen LogP contribution in [-0.2, 0) is 7.05 Å². The maximum absolute atomic E-state index is 12.3. The lowest BCUT2D eigenvalue weighted by Crippen LogP contribution is -2.26. The van der Waals surface area contributed by atoms with Crippen molar-refractivity contribution in [1.29, 1.82) is 0 Å². The van der Waals surface area contributed by atoms with E-state index in [4.69, 9.17) is 16.3 Å². The van der Waals surface area contributed by atoms with Crippen LogP contribution >= 0.6 is 11.6 Å². The molecule has 0 aliphatic carbocycles. The first-order valence-corrected chi connectivity index (χ1v) is 6.52. The number of benzene rings is 1. The summed E-state index contributed by atoms with van der Waals surface area (Å²) in [7, 11) is 3.35. The molecule has 106 valence electrons. The number of nitrogens with zero attached hydrogens (tertiary/aromatic N) is 2. The van der Waals surface area contributed by atoms with Crippen LogP contribution in [0.25, 0.3) is 0 Å². The molecule has 1 heterocycles. The number of nitrogens with one attached hydrogen (secondary N) is 1. The number of rotatable bonds is 4. The van der Waals surface area contributed by atoms with Gasteiger partial charge in [-0.05, 0) is 25.1 Å². The molecule has 2 aromatic rings. The number of aryl methyl sites for hydroxylation is 1. The zero-order chi connectivity index (χ0) is 14.7. The fraction of sp³-hybridized carbons (Fsp3) is 0.286. The van der Waals surface area contributed by atoms with Gasteiger partial charge in [0.2, 0.25) is 0 Å². The van der Waals surface area contributed by atoms with Gasteiger partial charge in [-0.3, -0.25) is 9.48 Å². The minimum atomic E-state index is -0.235. The summed E-state index contributed by atoms with van der Waals surface area (Å²) in [5, 5.41) is 7.47. The molecule has 0 fully saturated rings. The van der Waals surface area contributed by atoms with Gasteiger partial charge in [0.05, 0.1) is 24.9 Å². The van der Waals surface area contributed by atoms with Crippen LogP contribution in [0.2, 0.25) is 5.02 Å². The molecular formula is C14H16ClN3O2. The van der Waals surface area contributed by atoms with E-state index in [1.54, 1.807) is 29.1 Å². The highest BCUT2D eigenvalue weighted by Crippen LogP contribution is 2.23. The van der Waals surface area contributed by atoms with Crippen LogP contribution in [0.15, 0.2) is 30.6 Å². The van der Waals surface area contributed by atoms with Gasteiger partial charge in [-0.2, -0.15) is 5.10 Å². The van der Waals surface area contributed by atoms with E-state index in [9.17, 15) is 4.79 Å². The second-order valence-corrected chi connectivity index (χ2v) is 4.92. The molecular weight excluding hydrogens is 278 g/mol. The Morgan fingerprint density at radius 1 is 1.50 bits per heavy atom. The summed E-state index contributed by atoms with van der Waals surface area (Å²) in [5.41, 5.74) is 1.34. The normalized spacial score (nSPS) is 12.0. The number of methoxy groups -OCH3 is 1. The molecule has 20 heavy (non-hydrogen) atoms. The summed E-state index contributed by atoms with van der Waals surface area (Å²) in [5.74, 6) is 0.256. The predicted octanol–water partition coefficient (Wildman–Crippen LogP) is 2.57. The van der Waals surface area contributed by atoms with Gasteiger partial charge in [0.25, 0.3) is 5.91 Å². The Labute approximate surface area is 122 Å². The number of halogens is 1. The van der Waals surface area contributed by atoms with Gasteiger partial charge in [0, 0.05) is 23.8 Å². The van der Waals surface area contributed by atoms with Gasteiger partial charge >= 0.3 is 0 Å².